The van der Waals surface area contributed by atoms with Gasteiger partial charge in [-0.3, -0.25) is 4.79 Å². The fourth-order valence-corrected chi connectivity index (χ4v) is 3.48. The molecule has 0 bridgehead atoms. The van der Waals surface area contributed by atoms with E-state index in [0.29, 0.717) is 11.3 Å². The first kappa shape index (κ1) is 14.8. The van der Waals surface area contributed by atoms with Gasteiger partial charge in [0.1, 0.15) is 5.82 Å². The Hall–Kier alpha value is -1.58. The van der Waals surface area contributed by atoms with Crippen LogP contribution in [0.1, 0.15) is 51.0 Å². The molecule has 1 aromatic carbocycles. The fourth-order valence-electron chi connectivity index (χ4n) is 3.48. The lowest BCUT2D eigenvalue weighted by Crippen LogP contribution is -2.36. The Kier molecular flexibility index (Phi) is 4.02. The van der Waals surface area contributed by atoms with Crippen molar-refractivity contribution in [3.63, 3.8) is 0 Å². The third kappa shape index (κ3) is 2.79. The average molecular weight is 279 g/mol. The molecular formula is C16H22FNO2. The molecule has 0 spiro atoms. The summed E-state index contributed by atoms with van der Waals surface area (Å²) in [6.07, 6.45) is 3.98. The van der Waals surface area contributed by atoms with Crippen molar-refractivity contribution < 1.29 is 14.3 Å². The zero-order valence-electron chi connectivity index (χ0n) is 12.0. The van der Waals surface area contributed by atoms with Gasteiger partial charge in [-0.2, -0.15) is 0 Å². The number of carbonyl (C=O) groups is 1. The Morgan fingerprint density at radius 1 is 1.45 bits per heavy atom. The van der Waals surface area contributed by atoms with E-state index in [1.54, 1.807) is 0 Å². The number of hydrogen-bond donors (Lipinski definition) is 2. The van der Waals surface area contributed by atoms with E-state index in [0.717, 1.165) is 25.7 Å². The van der Waals surface area contributed by atoms with Gasteiger partial charge in [-0.1, -0.05) is 26.7 Å². The number of halogens is 1. The van der Waals surface area contributed by atoms with Gasteiger partial charge in [0.25, 0.3) is 0 Å². The van der Waals surface area contributed by atoms with Crippen LogP contribution < -0.4 is 5.73 Å². The van der Waals surface area contributed by atoms with Gasteiger partial charge in [0.2, 0.25) is 0 Å². The summed E-state index contributed by atoms with van der Waals surface area (Å²) < 4.78 is 13.5. The molecule has 2 atom stereocenters. The highest BCUT2D eigenvalue weighted by Gasteiger charge is 2.42. The van der Waals surface area contributed by atoms with Crippen molar-refractivity contribution in [3.05, 3.63) is 29.6 Å². The fraction of sp³-hybridized carbons (Fsp3) is 0.562. The predicted octanol–water partition coefficient (Wildman–Crippen LogP) is 3.79. The van der Waals surface area contributed by atoms with Crippen molar-refractivity contribution in [1.29, 1.82) is 0 Å². The minimum atomic E-state index is -0.915. The normalized spacial score (nSPS) is 23.2. The lowest BCUT2D eigenvalue weighted by Gasteiger charge is -2.42. The molecule has 1 saturated carbocycles. The van der Waals surface area contributed by atoms with Gasteiger partial charge in [-0.15, -0.1) is 0 Å². The summed E-state index contributed by atoms with van der Waals surface area (Å²) >= 11 is 0. The zero-order valence-corrected chi connectivity index (χ0v) is 12.0. The van der Waals surface area contributed by atoms with Gasteiger partial charge in [0, 0.05) is 5.69 Å². The molecule has 0 radical (unpaired) electrons. The molecule has 1 aliphatic rings. The van der Waals surface area contributed by atoms with Crippen LogP contribution in [0.5, 0.6) is 0 Å². The van der Waals surface area contributed by atoms with E-state index in [2.05, 4.69) is 13.8 Å². The van der Waals surface area contributed by atoms with Gasteiger partial charge in [0.15, 0.2) is 0 Å². The largest absolute Gasteiger partial charge is 0.481 e. The van der Waals surface area contributed by atoms with Crippen molar-refractivity contribution >= 4 is 11.7 Å². The Labute approximate surface area is 119 Å². The van der Waals surface area contributed by atoms with Gasteiger partial charge < -0.3 is 10.8 Å². The molecule has 0 heterocycles. The van der Waals surface area contributed by atoms with Gasteiger partial charge >= 0.3 is 5.97 Å². The first-order valence-electron chi connectivity index (χ1n) is 7.10. The summed E-state index contributed by atoms with van der Waals surface area (Å²) in [6.45, 7) is 4.20. The third-order valence-electron chi connectivity index (χ3n) is 4.64. The Morgan fingerprint density at radius 2 is 2.15 bits per heavy atom. The molecule has 0 aromatic heterocycles. The second kappa shape index (κ2) is 5.43. The van der Waals surface area contributed by atoms with Crippen LogP contribution in [0, 0.1) is 17.2 Å². The van der Waals surface area contributed by atoms with E-state index >= 15 is 0 Å². The first-order valence-corrected chi connectivity index (χ1v) is 7.10. The Morgan fingerprint density at radius 3 is 2.75 bits per heavy atom. The molecular weight excluding hydrogens is 257 g/mol. The molecule has 3 N–H and O–H groups in total. The Balaban J connectivity index is 2.46. The van der Waals surface area contributed by atoms with Crippen LogP contribution in [-0.4, -0.2) is 11.1 Å². The first-order chi connectivity index (χ1) is 9.33. The van der Waals surface area contributed by atoms with Crippen LogP contribution in [0.15, 0.2) is 18.2 Å². The number of nitrogen functional groups attached to an aromatic ring is 1. The third-order valence-corrected chi connectivity index (χ3v) is 4.64. The minimum Gasteiger partial charge on any atom is -0.481 e. The SMILES string of the molecule is CC1(C)CCCCC1C(C(=O)O)c1cc(F)ccc1N. The standard InChI is InChI=1S/C16H22FNO2/c1-16(2)8-4-3-5-12(16)14(15(19)20)11-9-10(17)6-7-13(11)18/h6-7,9,12,14H,3-5,8,18H2,1-2H3,(H,19,20). The number of nitrogens with two attached hydrogens (primary N) is 1. The second-order valence-electron chi connectivity index (χ2n) is 6.43. The van der Waals surface area contributed by atoms with Crippen LogP contribution in [0.25, 0.3) is 0 Å². The molecule has 2 unspecified atom stereocenters. The number of aliphatic carboxylic acids is 1. The van der Waals surface area contributed by atoms with Crippen molar-refractivity contribution in [2.24, 2.45) is 11.3 Å². The number of hydrogen-bond acceptors (Lipinski definition) is 2. The zero-order chi connectivity index (χ0) is 14.9. The van der Waals surface area contributed by atoms with Crippen molar-refractivity contribution in [2.75, 3.05) is 5.73 Å². The highest BCUT2D eigenvalue weighted by atomic mass is 19.1. The van der Waals surface area contributed by atoms with Crippen LogP contribution in [0.2, 0.25) is 0 Å². The topological polar surface area (TPSA) is 63.3 Å². The highest BCUT2D eigenvalue weighted by Crippen LogP contribution is 2.48. The highest BCUT2D eigenvalue weighted by molar-refractivity contribution is 5.79. The summed E-state index contributed by atoms with van der Waals surface area (Å²) in [7, 11) is 0. The lowest BCUT2D eigenvalue weighted by molar-refractivity contribution is -0.142. The molecule has 20 heavy (non-hydrogen) atoms. The molecule has 3 nitrogen and oxygen atoms in total. The second-order valence-corrected chi connectivity index (χ2v) is 6.43. The van der Waals surface area contributed by atoms with E-state index in [9.17, 15) is 14.3 Å². The quantitative estimate of drug-likeness (QED) is 0.827. The lowest BCUT2D eigenvalue weighted by atomic mass is 9.62. The van der Waals surface area contributed by atoms with Gasteiger partial charge in [-0.05, 0) is 47.9 Å². The molecule has 0 amide bonds. The molecule has 2 rings (SSSR count). The monoisotopic (exact) mass is 279 g/mol. The van der Waals surface area contributed by atoms with Gasteiger partial charge in [-0.25, -0.2) is 4.39 Å². The summed E-state index contributed by atoms with van der Waals surface area (Å²) in [6, 6.07) is 4.00. The number of benzene rings is 1. The van der Waals surface area contributed by atoms with Gasteiger partial charge in [0.05, 0.1) is 5.92 Å². The van der Waals surface area contributed by atoms with Crippen LogP contribution in [0.4, 0.5) is 10.1 Å². The molecule has 0 saturated heterocycles. The van der Waals surface area contributed by atoms with Crippen molar-refractivity contribution in [2.45, 2.75) is 45.4 Å². The average Bonchev–Trinajstić information content (AvgIpc) is 2.35. The maximum Gasteiger partial charge on any atom is 0.311 e. The van der Waals surface area contributed by atoms with E-state index in [-0.39, 0.29) is 11.3 Å². The maximum absolute atomic E-state index is 13.5. The molecule has 1 aliphatic carbocycles. The summed E-state index contributed by atoms with van der Waals surface area (Å²) in [4.78, 5) is 11.8. The van der Waals surface area contributed by atoms with E-state index in [1.807, 2.05) is 0 Å². The van der Waals surface area contributed by atoms with Crippen molar-refractivity contribution in [1.82, 2.24) is 0 Å². The predicted molar refractivity (Wildman–Crippen MR) is 76.9 cm³/mol. The summed E-state index contributed by atoms with van der Waals surface area (Å²) in [5, 5.41) is 9.65. The molecule has 1 aromatic rings. The molecule has 4 heteroatoms. The Bertz CT molecular complexity index is 513. The van der Waals surface area contributed by atoms with Crippen molar-refractivity contribution in [3.8, 4) is 0 Å². The number of carboxylic acids is 1. The van der Waals surface area contributed by atoms with E-state index in [1.165, 1.54) is 18.2 Å². The number of rotatable bonds is 3. The summed E-state index contributed by atoms with van der Waals surface area (Å²) in [5.74, 6) is -2.10. The minimum absolute atomic E-state index is 0.0159. The summed E-state index contributed by atoms with van der Waals surface area (Å²) in [5.41, 5.74) is 6.60. The van der Waals surface area contributed by atoms with Crippen LogP contribution in [0.3, 0.4) is 0 Å². The molecule has 0 aliphatic heterocycles. The molecule has 1 fully saturated rings. The van der Waals surface area contributed by atoms with E-state index < -0.39 is 17.7 Å². The van der Waals surface area contributed by atoms with Crippen LogP contribution in [-0.2, 0) is 4.79 Å². The maximum atomic E-state index is 13.5. The van der Waals surface area contributed by atoms with E-state index in [4.69, 9.17) is 5.73 Å². The van der Waals surface area contributed by atoms with Crippen LogP contribution >= 0.6 is 0 Å². The number of anilines is 1. The number of carboxylic acid groups (broad SMARTS) is 1. The molecule has 110 valence electrons. The smallest absolute Gasteiger partial charge is 0.311 e.